The molecular weight excluding hydrogens is 222 g/mol. The summed E-state index contributed by atoms with van der Waals surface area (Å²) in [7, 11) is 0. The van der Waals surface area contributed by atoms with Crippen LogP contribution in [0.25, 0.3) is 0 Å². The van der Waals surface area contributed by atoms with Crippen molar-refractivity contribution in [2.75, 3.05) is 0 Å². The molecule has 0 radical (unpaired) electrons. The molecule has 0 atom stereocenters. The zero-order chi connectivity index (χ0) is 12.7. The molecule has 1 aromatic rings. The van der Waals surface area contributed by atoms with Crippen molar-refractivity contribution in [2.24, 2.45) is 5.10 Å². The number of carbonyl (C=O) groups excluding carboxylic acids is 1. The molecule has 86 valence electrons. The first-order valence-electron chi connectivity index (χ1n) is 4.65. The lowest BCUT2D eigenvalue weighted by Gasteiger charge is -1.96. The van der Waals surface area contributed by atoms with E-state index in [-0.39, 0.29) is 12.0 Å². The third kappa shape index (κ3) is 4.13. The van der Waals surface area contributed by atoms with E-state index < -0.39 is 11.9 Å². The van der Waals surface area contributed by atoms with Gasteiger partial charge in [-0.2, -0.15) is 10.4 Å². The van der Waals surface area contributed by atoms with Gasteiger partial charge >= 0.3 is 5.97 Å². The summed E-state index contributed by atoms with van der Waals surface area (Å²) < 4.78 is 0. The lowest BCUT2D eigenvalue weighted by molar-refractivity contribution is -0.120. The summed E-state index contributed by atoms with van der Waals surface area (Å²) in [6.45, 7) is 0. The smallest absolute Gasteiger partial charge is 0.335 e. The Labute approximate surface area is 97.2 Å². The van der Waals surface area contributed by atoms with Gasteiger partial charge in [0.2, 0.25) is 0 Å². The molecule has 0 heterocycles. The van der Waals surface area contributed by atoms with E-state index >= 15 is 0 Å². The number of rotatable bonds is 4. The highest BCUT2D eigenvalue weighted by molar-refractivity contribution is 5.89. The van der Waals surface area contributed by atoms with E-state index in [4.69, 9.17) is 10.4 Å². The van der Waals surface area contributed by atoms with Gasteiger partial charge in [0.05, 0.1) is 17.8 Å². The minimum absolute atomic E-state index is 0.177. The lowest BCUT2D eigenvalue weighted by Crippen LogP contribution is -2.16. The number of nitrogens with zero attached hydrogens (tertiary/aromatic N) is 2. The molecule has 1 amide bonds. The molecule has 6 heteroatoms. The molecule has 0 fully saturated rings. The number of aromatic carboxylic acids is 1. The minimum Gasteiger partial charge on any atom is -0.478 e. The first kappa shape index (κ1) is 12.4. The van der Waals surface area contributed by atoms with Crippen LogP contribution in [0.3, 0.4) is 0 Å². The van der Waals surface area contributed by atoms with Crippen molar-refractivity contribution in [3.63, 3.8) is 0 Å². The molecule has 0 aliphatic carbocycles. The summed E-state index contributed by atoms with van der Waals surface area (Å²) in [6.07, 6.45) is 1.11. The predicted octanol–water partition coefficient (Wildman–Crippen LogP) is 0.749. The molecule has 1 aromatic carbocycles. The molecule has 0 spiro atoms. The van der Waals surface area contributed by atoms with Crippen molar-refractivity contribution in [1.82, 2.24) is 5.43 Å². The largest absolute Gasteiger partial charge is 0.478 e. The summed E-state index contributed by atoms with van der Waals surface area (Å²) >= 11 is 0. The predicted molar refractivity (Wildman–Crippen MR) is 59.4 cm³/mol. The van der Waals surface area contributed by atoms with Crippen molar-refractivity contribution < 1.29 is 14.7 Å². The highest BCUT2D eigenvalue weighted by Crippen LogP contribution is 2.02. The number of carboxylic acids is 1. The number of carbonyl (C=O) groups is 2. The average Bonchev–Trinajstić information content (AvgIpc) is 2.30. The van der Waals surface area contributed by atoms with Gasteiger partial charge < -0.3 is 5.11 Å². The van der Waals surface area contributed by atoms with Crippen LogP contribution < -0.4 is 5.43 Å². The van der Waals surface area contributed by atoms with Crippen LogP contribution in [0.5, 0.6) is 0 Å². The fourth-order valence-electron chi connectivity index (χ4n) is 1.00. The van der Waals surface area contributed by atoms with Crippen molar-refractivity contribution in [2.45, 2.75) is 6.42 Å². The molecule has 0 aliphatic heterocycles. The fourth-order valence-corrected chi connectivity index (χ4v) is 1.00. The van der Waals surface area contributed by atoms with Gasteiger partial charge in [-0.05, 0) is 17.7 Å². The third-order valence-electron chi connectivity index (χ3n) is 1.80. The number of amides is 1. The van der Waals surface area contributed by atoms with E-state index in [2.05, 4.69) is 10.5 Å². The van der Waals surface area contributed by atoms with Crippen molar-refractivity contribution in [3.05, 3.63) is 35.4 Å². The number of carboxylic acid groups (broad SMARTS) is 1. The maximum Gasteiger partial charge on any atom is 0.335 e. The number of hydrazone groups is 1. The van der Waals surface area contributed by atoms with Crippen LogP contribution in [0.15, 0.2) is 29.4 Å². The Balaban J connectivity index is 2.58. The standard InChI is InChI=1S/C11H9N3O3/c12-6-5-10(15)14-13-7-8-1-3-9(4-2-8)11(16)17/h1-4,7H,5H2,(H,14,15)(H,16,17)/b13-7-. The number of benzene rings is 1. The molecule has 0 saturated carbocycles. The van der Waals surface area contributed by atoms with E-state index in [0.29, 0.717) is 5.56 Å². The maximum absolute atomic E-state index is 10.9. The van der Waals surface area contributed by atoms with Crippen LogP contribution in [0.1, 0.15) is 22.3 Å². The monoisotopic (exact) mass is 231 g/mol. The highest BCUT2D eigenvalue weighted by Gasteiger charge is 2.00. The van der Waals surface area contributed by atoms with Crippen molar-refractivity contribution in [1.29, 1.82) is 5.26 Å². The zero-order valence-electron chi connectivity index (χ0n) is 8.75. The van der Waals surface area contributed by atoms with E-state index in [1.807, 2.05) is 0 Å². The summed E-state index contributed by atoms with van der Waals surface area (Å²) in [6, 6.07) is 7.67. The van der Waals surface area contributed by atoms with Gasteiger partial charge in [-0.1, -0.05) is 12.1 Å². The molecule has 17 heavy (non-hydrogen) atoms. The normalized spacial score (nSPS) is 9.82. The Morgan fingerprint density at radius 2 is 2.06 bits per heavy atom. The summed E-state index contributed by atoms with van der Waals surface area (Å²) in [5, 5.41) is 20.5. The van der Waals surface area contributed by atoms with Crippen LogP contribution in [0, 0.1) is 11.3 Å². The van der Waals surface area contributed by atoms with E-state index in [1.165, 1.54) is 18.3 Å². The Morgan fingerprint density at radius 1 is 1.41 bits per heavy atom. The van der Waals surface area contributed by atoms with Gasteiger partial charge in [-0.15, -0.1) is 0 Å². The Hall–Kier alpha value is -2.68. The van der Waals surface area contributed by atoms with Crippen LogP contribution in [0.4, 0.5) is 0 Å². The summed E-state index contributed by atoms with van der Waals surface area (Å²) in [5.41, 5.74) is 2.98. The molecule has 0 bridgehead atoms. The van der Waals surface area contributed by atoms with Gasteiger partial charge in [-0.25, -0.2) is 10.2 Å². The van der Waals surface area contributed by atoms with Crippen LogP contribution in [-0.2, 0) is 4.79 Å². The quantitative estimate of drug-likeness (QED) is 0.589. The first-order valence-corrected chi connectivity index (χ1v) is 4.65. The van der Waals surface area contributed by atoms with Gasteiger partial charge in [0.25, 0.3) is 5.91 Å². The topological polar surface area (TPSA) is 103 Å². The Morgan fingerprint density at radius 3 is 2.59 bits per heavy atom. The highest BCUT2D eigenvalue weighted by atomic mass is 16.4. The van der Waals surface area contributed by atoms with Gasteiger partial charge in [0.1, 0.15) is 6.42 Å². The summed E-state index contributed by atoms with van der Waals surface area (Å²) in [4.78, 5) is 21.4. The van der Waals surface area contributed by atoms with Crippen LogP contribution in [-0.4, -0.2) is 23.2 Å². The number of hydrogen-bond acceptors (Lipinski definition) is 4. The number of hydrogen-bond donors (Lipinski definition) is 2. The average molecular weight is 231 g/mol. The Kier molecular flexibility index (Phi) is 4.39. The molecular formula is C11H9N3O3. The SMILES string of the molecule is N#CCC(=O)N/N=C\c1ccc(C(=O)O)cc1. The fraction of sp³-hybridized carbons (Fsp3) is 0.0909. The second kappa shape index (κ2) is 6.02. The second-order valence-corrected chi connectivity index (χ2v) is 3.06. The van der Waals surface area contributed by atoms with E-state index in [0.717, 1.165) is 0 Å². The second-order valence-electron chi connectivity index (χ2n) is 3.06. The molecule has 0 saturated heterocycles. The molecule has 0 aliphatic rings. The van der Waals surface area contributed by atoms with Gasteiger partial charge in [0.15, 0.2) is 0 Å². The molecule has 2 N–H and O–H groups in total. The molecule has 1 rings (SSSR count). The first-order chi connectivity index (χ1) is 8.13. The van der Waals surface area contributed by atoms with Crippen molar-refractivity contribution >= 4 is 18.1 Å². The lowest BCUT2D eigenvalue weighted by atomic mass is 10.1. The molecule has 0 aromatic heterocycles. The molecule has 0 unspecified atom stereocenters. The Bertz CT molecular complexity index is 486. The number of nitrogens with one attached hydrogen (secondary N) is 1. The number of nitriles is 1. The minimum atomic E-state index is -1.00. The molecule has 6 nitrogen and oxygen atoms in total. The van der Waals surface area contributed by atoms with E-state index in [1.54, 1.807) is 18.2 Å². The maximum atomic E-state index is 10.9. The van der Waals surface area contributed by atoms with Crippen LogP contribution in [0.2, 0.25) is 0 Å². The third-order valence-corrected chi connectivity index (χ3v) is 1.80. The summed E-state index contributed by atoms with van der Waals surface area (Å²) in [5.74, 6) is -1.50. The van der Waals surface area contributed by atoms with Gasteiger partial charge in [-0.3, -0.25) is 4.79 Å². The van der Waals surface area contributed by atoms with E-state index in [9.17, 15) is 9.59 Å². The zero-order valence-corrected chi connectivity index (χ0v) is 8.75. The van der Waals surface area contributed by atoms with Crippen LogP contribution >= 0.6 is 0 Å². The van der Waals surface area contributed by atoms with Gasteiger partial charge in [0, 0.05) is 0 Å². The van der Waals surface area contributed by atoms with Crippen molar-refractivity contribution in [3.8, 4) is 6.07 Å².